The van der Waals surface area contributed by atoms with Gasteiger partial charge in [0.05, 0.1) is 0 Å². The number of carboxylic acid groups (broad SMARTS) is 1. The zero-order valence-corrected chi connectivity index (χ0v) is 9.24. The molecule has 0 amide bonds. The third-order valence-corrected chi connectivity index (χ3v) is 0. The number of ketones is 1. The fraction of sp³-hybridized carbons (Fsp3) is 0.667. The fourth-order valence-corrected chi connectivity index (χ4v) is 0. The van der Waals surface area contributed by atoms with E-state index >= 15 is 0 Å². The number of Topliss-reactive ketones (excluding diaryl/α,β-unsaturated/α-hetero) is 1. The minimum Gasteiger partial charge on any atom is -0.481 e. The largest absolute Gasteiger partial charge is 0.481 e. The summed E-state index contributed by atoms with van der Waals surface area (Å²) in [6, 6.07) is 0. The smallest absolute Gasteiger partial charge is 0.300 e. The summed E-state index contributed by atoms with van der Waals surface area (Å²) in [5, 5.41) is 7.42. The number of rotatable bonds is 0. The third-order valence-electron chi connectivity index (χ3n) is 0. The summed E-state index contributed by atoms with van der Waals surface area (Å²) in [7, 11) is 0. The van der Waals surface area contributed by atoms with Crippen molar-refractivity contribution in [2.24, 2.45) is 0 Å². The Morgan fingerprint density at radius 2 is 1.08 bits per heavy atom. The van der Waals surface area contributed by atoms with Crippen molar-refractivity contribution in [2.75, 3.05) is 0 Å². The molecule has 0 aliphatic rings. The number of hydrogen-bond acceptors (Lipinski definition) is 2. The van der Waals surface area contributed by atoms with Crippen LogP contribution in [0, 0.1) is 0 Å². The molecule has 0 rings (SSSR count). The lowest BCUT2D eigenvalue weighted by Crippen LogP contribution is -1.78. The highest BCUT2D eigenvalue weighted by molar-refractivity contribution is 6.63. The van der Waals surface area contributed by atoms with Crippen molar-refractivity contribution in [3.05, 3.63) is 0 Å². The third kappa shape index (κ3) is 8130000. The Labute approximate surface area is 86.6 Å². The summed E-state index contributed by atoms with van der Waals surface area (Å²) in [6.07, 6.45) is 0. The summed E-state index contributed by atoms with van der Waals surface area (Å²) in [5.41, 5.74) is 0. The highest BCUT2D eigenvalue weighted by Crippen LogP contribution is 2.03. The monoisotopic (exact) mass is 236 g/mol. The van der Waals surface area contributed by atoms with Crippen molar-refractivity contribution < 1.29 is 14.7 Å². The van der Waals surface area contributed by atoms with Gasteiger partial charge in [0, 0.05) is 6.92 Å². The van der Waals surface area contributed by atoms with Gasteiger partial charge >= 0.3 is 0 Å². The highest BCUT2D eigenvalue weighted by Gasteiger charge is 1.78. The summed E-state index contributed by atoms with van der Waals surface area (Å²) in [6.45, 7) is 4.14. The topological polar surface area (TPSA) is 54.4 Å². The average Bonchev–Trinajstić information content (AvgIpc) is 1.54. The molecule has 0 saturated heterocycles. The zero-order valence-electron chi connectivity index (χ0n) is 6.97. The molecule has 0 saturated carbocycles. The van der Waals surface area contributed by atoms with E-state index in [-0.39, 0.29) is 5.78 Å². The van der Waals surface area contributed by atoms with E-state index in [2.05, 4.69) is 0 Å². The van der Waals surface area contributed by atoms with E-state index in [9.17, 15) is 4.79 Å². The van der Waals surface area contributed by atoms with E-state index in [1.165, 1.54) is 13.8 Å². The molecule has 0 bridgehead atoms. The van der Waals surface area contributed by atoms with Gasteiger partial charge in [-0.3, -0.25) is 4.79 Å². The van der Waals surface area contributed by atoms with Gasteiger partial charge in [-0.05, 0) is 13.8 Å². The van der Waals surface area contributed by atoms with E-state index in [0.29, 0.717) is 0 Å². The van der Waals surface area contributed by atoms with Crippen molar-refractivity contribution >= 4 is 46.6 Å². The first kappa shape index (κ1) is 17.9. The predicted octanol–water partition coefficient (Wildman–Crippen LogP) is 2.67. The van der Waals surface area contributed by atoms with Crippen molar-refractivity contribution in [3.8, 4) is 0 Å². The Morgan fingerprint density at radius 1 is 1.08 bits per heavy atom. The molecule has 74 valence electrons. The molecule has 0 aromatic rings. The molecule has 6 heteroatoms. The van der Waals surface area contributed by atoms with Crippen LogP contribution in [0.5, 0.6) is 0 Å². The summed E-state index contributed by atoms with van der Waals surface area (Å²) < 4.78 is -0.750. The lowest BCUT2D eigenvalue weighted by atomic mass is 10.6. The average molecular weight is 238 g/mol. The quantitative estimate of drug-likeness (QED) is 0.659. The number of carboxylic acids is 1. The van der Waals surface area contributed by atoms with Crippen molar-refractivity contribution in [3.63, 3.8) is 0 Å². The minimum atomic E-state index is -0.833. The van der Waals surface area contributed by atoms with Gasteiger partial charge < -0.3 is 9.90 Å². The standard InChI is InChI=1S/C3H6O.C2H4O2.CHCl3/c1-3(2)4;1-2(3)4;2-1(3)4/h1-2H3;1H3,(H,3,4);1H. The van der Waals surface area contributed by atoms with Crippen LogP contribution in [-0.2, 0) is 9.59 Å². The van der Waals surface area contributed by atoms with Gasteiger partial charge in [-0.2, -0.15) is 0 Å². The second-order valence-electron chi connectivity index (χ2n) is 1.67. The second kappa shape index (κ2) is 13.6. The molecular weight excluding hydrogens is 226 g/mol. The number of carbonyl (C=O) groups excluding carboxylic acids is 1. The highest BCUT2D eigenvalue weighted by atomic mass is 35.6. The Balaban J connectivity index is -0.000000101. The van der Waals surface area contributed by atoms with Crippen LogP contribution in [0.2, 0.25) is 0 Å². The van der Waals surface area contributed by atoms with Gasteiger partial charge in [-0.1, -0.05) is 34.8 Å². The maximum atomic E-state index is 9.44. The second-order valence-corrected chi connectivity index (χ2v) is 3.65. The van der Waals surface area contributed by atoms with Crippen LogP contribution < -0.4 is 0 Å². The maximum absolute atomic E-state index is 9.44. The molecule has 3 nitrogen and oxygen atoms in total. The first-order chi connectivity index (χ1) is 5.20. The van der Waals surface area contributed by atoms with Gasteiger partial charge in [-0.15, -0.1) is 0 Å². The Morgan fingerprint density at radius 3 is 1.08 bits per heavy atom. The maximum Gasteiger partial charge on any atom is 0.300 e. The molecule has 0 radical (unpaired) electrons. The predicted molar refractivity (Wildman–Crippen MR) is 51.0 cm³/mol. The van der Waals surface area contributed by atoms with Gasteiger partial charge in [0.15, 0.2) is 4.30 Å². The molecule has 0 atom stereocenters. The van der Waals surface area contributed by atoms with Gasteiger partial charge in [-0.25, -0.2) is 0 Å². The van der Waals surface area contributed by atoms with Gasteiger partial charge in [0.25, 0.3) is 5.97 Å². The number of carbonyl (C=O) groups is 2. The summed E-state index contributed by atoms with van der Waals surface area (Å²) >= 11 is 14.4. The summed E-state index contributed by atoms with van der Waals surface area (Å²) in [5.74, 6) is -0.667. The van der Waals surface area contributed by atoms with Gasteiger partial charge in [0.2, 0.25) is 0 Å². The van der Waals surface area contributed by atoms with E-state index < -0.39 is 10.3 Å². The molecule has 0 unspecified atom stereocenters. The Hall–Kier alpha value is 0.01000. The number of hydrogen-bond donors (Lipinski definition) is 1. The first-order valence-electron chi connectivity index (χ1n) is 2.79. The Kier molecular flexibility index (Phi) is 20.3. The number of alkyl halides is 3. The van der Waals surface area contributed by atoms with Gasteiger partial charge in [0.1, 0.15) is 5.78 Å². The lowest BCUT2D eigenvalue weighted by molar-refractivity contribution is -0.134. The molecule has 0 heterocycles. The molecule has 0 aliphatic heterocycles. The molecule has 0 fully saturated rings. The SMILES string of the molecule is CC(=O)O.CC(C)=O.ClC(Cl)Cl. The van der Waals surface area contributed by atoms with E-state index in [0.717, 1.165) is 6.92 Å². The zero-order chi connectivity index (χ0) is 10.7. The molecule has 0 spiro atoms. The van der Waals surface area contributed by atoms with Crippen LogP contribution in [0.25, 0.3) is 0 Å². The molecule has 0 aliphatic carbocycles. The summed E-state index contributed by atoms with van der Waals surface area (Å²) in [4.78, 5) is 18.4. The van der Waals surface area contributed by atoms with E-state index in [1.54, 1.807) is 0 Å². The van der Waals surface area contributed by atoms with Crippen LogP contribution in [0.4, 0.5) is 0 Å². The molecule has 0 aromatic carbocycles. The van der Waals surface area contributed by atoms with E-state index in [1.807, 2.05) is 0 Å². The van der Waals surface area contributed by atoms with E-state index in [4.69, 9.17) is 44.7 Å². The van der Waals surface area contributed by atoms with Crippen molar-refractivity contribution in [1.82, 2.24) is 0 Å². The normalized spacial score (nSPS) is 7.25. The molecule has 1 N–H and O–H groups in total. The van der Waals surface area contributed by atoms with Crippen LogP contribution >= 0.6 is 34.8 Å². The number of aliphatic carboxylic acids is 1. The number of halogens is 3. The Bertz CT molecular complexity index is 102. The van der Waals surface area contributed by atoms with Crippen LogP contribution in [0.15, 0.2) is 0 Å². The van der Waals surface area contributed by atoms with Crippen LogP contribution in [0.1, 0.15) is 20.8 Å². The first-order valence-corrected chi connectivity index (χ1v) is 4.10. The van der Waals surface area contributed by atoms with Crippen molar-refractivity contribution in [1.29, 1.82) is 0 Å². The molecule has 0 aromatic heterocycles. The lowest BCUT2D eigenvalue weighted by Gasteiger charge is -1.69. The van der Waals surface area contributed by atoms with Crippen LogP contribution in [-0.4, -0.2) is 21.2 Å². The van der Waals surface area contributed by atoms with Crippen LogP contribution in [0.3, 0.4) is 0 Å². The fourth-order valence-electron chi connectivity index (χ4n) is 0. The van der Waals surface area contributed by atoms with Crippen molar-refractivity contribution in [2.45, 2.75) is 25.1 Å². The minimum absolute atomic E-state index is 0.167. The molecule has 12 heavy (non-hydrogen) atoms. The molecular formula is C6H11Cl3O3.